The van der Waals surface area contributed by atoms with E-state index in [-0.39, 0.29) is 24.5 Å². The topological polar surface area (TPSA) is 95.5 Å². The van der Waals surface area contributed by atoms with Crippen molar-refractivity contribution in [3.63, 3.8) is 0 Å². The molecule has 0 aromatic rings. The van der Waals surface area contributed by atoms with Crippen molar-refractivity contribution in [3.8, 4) is 0 Å². The number of aliphatic hydroxyl groups excluding tert-OH is 1. The maximum Gasteiger partial charge on any atom is 0.222 e. The highest BCUT2D eigenvalue weighted by molar-refractivity contribution is 5.77. The molecule has 0 heterocycles. The summed E-state index contributed by atoms with van der Waals surface area (Å²) in [6.45, 7) is 9.60. The van der Waals surface area contributed by atoms with E-state index in [9.17, 15) is 9.90 Å². The smallest absolute Gasteiger partial charge is 0.222 e. The molecular formula is C19H37NO7. The summed E-state index contributed by atoms with van der Waals surface area (Å²) in [5, 5.41) is 12.2. The van der Waals surface area contributed by atoms with Crippen LogP contribution in [-0.2, 0) is 28.5 Å². The van der Waals surface area contributed by atoms with Gasteiger partial charge < -0.3 is 34.1 Å². The van der Waals surface area contributed by atoms with Crippen LogP contribution in [0, 0.1) is 0 Å². The van der Waals surface area contributed by atoms with Crippen molar-refractivity contribution in [1.82, 2.24) is 5.32 Å². The van der Waals surface area contributed by atoms with Crippen molar-refractivity contribution in [2.45, 2.75) is 57.8 Å². The first kappa shape index (κ1) is 24.3. The molecule has 0 aliphatic heterocycles. The van der Waals surface area contributed by atoms with Gasteiger partial charge in [-0.05, 0) is 33.6 Å². The number of ether oxygens (including phenoxy) is 5. The van der Waals surface area contributed by atoms with Crippen molar-refractivity contribution in [2.24, 2.45) is 0 Å². The van der Waals surface area contributed by atoms with Crippen LogP contribution in [0.25, 0.3) is 0 Å². The van der Waals surface area contributed by atoms with Gasteiger partial charge in [-0.3, -0.25) is 4.79 Å². The summed E-state index contributed by atoms with van der Waals surface area (Å²) in [7, 11) is 0. The fraction of sp³-hybridized carbons (Fsp3) is 0.947. The van der Waals surface area contributed by atoms with Crippen LogP contribution >= 0.6 is 0 Å². The molecule has 0 radical (unpaired) electrons. The van der Waals surface area contributed by atoms with Gasteiger partial charge in [0.15, 0.2) is 0 Å². The Bertz CT molecular complexity index is 366. The average molecular weight is 392 g/mol. The molecule has 0 atom stereocenters. The zero-order chi connectivity index (χ0) is 20.0. The molecule has 8 heteroatoms. The summed E-state index contributed by atoms with van der Waals surface area (Å²) in [5.74, 6) is -0.128. The molecule has 0 spiro atoms. The number of hydrogen-bond donors (Lipinski definition) is 2. The van der Waals surface area contributed by atoms with Gasteiger partial charge in [-0.25, -0.2) is 0 Å². The second-order valence-electron chi connectivity index (χ2n) is 6.72. The van der Waals surface area contributed by atoms with E-state index in [2.05, 4.69) is 5.32 Å². The average Bonchev–Trinajstić information content (AvgIpc) is 2.63. The van der Waals surface area contributed by atoms with E-state index < -0.39 is 5.54 Å². The number of amides is 1. The number of aliphatic hydroxyl groups is 1. The molecular weight excluding hydrogens is 354 g/mol. The number of rotatable bonds is 17. The number of carbonyl (C=O) groups excluding carboxylic acids is 1. The molecule has 0 saturated heterocycles. The van der Waals surface area contributed by atoms with Crippen LogP contribution in [0.2, 0.25) is 0 Å². The van der Waals surface area contributed by atoms with Crippen molar-refractivity contribution >= 4 is 5.91 Å². The Balaban J connectivity index is 2.30. The Hall–Kier alpha value is -0.770. The van der Waals surface area contributed by atoms with Gasteiger partial charge in [0, 0.05) is 26.2 Å². The van der Waals surface area contributed by atoms with Gasteiger partial charge >= 0.3 is 0 Å². The van der Waals surface area contributed by atoms with E-state index in [1.807, 2.05) is 20.8 Å². The van der Waals surface area contributed by atoms with Crippen molar-refractivity contribution in [2.75, 3.05) is 59.5 Å². The molecule has 1 fully saturated rings. The van der Waals surface area contributed by atoms with Crippen LogP contribution in [0.15, 0.2) is 0 Å². The normalized spacial score (nSPS) is 19.7. The fourth-order valence-corrected chi connectivity index (χ4v) is 2.70. The Labute approximate surface area is 162 Å². The summed E-state index contributed by atoms with van der Waals surface area (Å²) in [6, 6.07) is 0. The highest BCUT2D eigenvalue weighted by Crippen LogP contribution is 2.22. The highest BCUT2D eigenvalue weighted by atomic mass is 16.5. The molecule has 27 heavy (non-hydrogen) atoms. The minimum Gasteiger partial charge on any atom is -0.393 e. The van der Waals surface area contributed by atoms with Crippen molar-refractivity contribution < 1.29 is 33.6 Å². The van der Waals surface area contributed by atoms with E-state index in [1.54, 1.807) is 0 Å². The zero-order valence-electron chi connectivity index (χ0n) is 17.0. The second-order valence-corrected chi connectivity index (χ2v) is 6.72. The van der Waals surface area contributed by atoms with Crippen molar-refractivity contribution in [1.29, 1.82) is 0 Å². The summed E-state index contributed by atoms with van der Waals surface area (Å²) in [6.07, 6.45) is 1.57. The molecule has 1 rings (SSSR count). The first-order valence-corrected chi connectivity index (χ1v) is 9.96. The molecule has 0 aromatic heterocycles. The maximum absolute atomic E-state index is 12.4. The molecule has 2 N–H and O–H groups in total. The van der Waals surface area contributed by atoms with Crippen LogP contribution in [0.3, 0.4) is 0 Å². The van der Waals surface area contributed by atoms with Crippen LogP contribution < -0.4 is 5.32 Å². The molecule has 1 aliphatic carbocycles. The Morgan fingerprint density at radius 2 is 1.48 bits per heavy atom. The van der Waals surface area contributed by atoms with E-state index >= 15 is 0 Å². The quantitative estimate of drug-likeness (QED) is 0.356. The molecule has 0 bridgehead atoms. The second kappa shape index (κ2) is 14.3. The zero-order valence-corrected chi connectivity index (χ0v) is 17.0. The molecule has 160 valence electrons. The lowest BCUT2D eigenvalue weighted by atomic mass is 9.92. The molecule has 8 nitrogen and oxygen atoms in total. The fourth-order valence-electron chi connectivity index (χ4n) is 2.70. The van der Waals surface area contributed by atoms with Crippen molar-refractivity contribution in [3.05, 3.63) is 0 Å². The summed E-state index contributed by atoms with van der Waals surface area (Å²) >= 11 is 0. The number of nitrogens with one attached hydrogen (secondary N) is 1. The highest BCUT2D eigenvalue weighted by Gasteiger charge is 2.33. The third kappa shape index (κ3) is 10.4. The lowest BCUT2D eigenvalue weighted by Crippen LogP contribution is -2.58. The minimum absolute atomic E-state index is 0.128. The molecule has 0 unspecified atom stereocenters. The monoisotopic (exact) mass is 391 g/mol. The minimum atomic E-state index is -0.701. The maximum atomic E-state index is 12.4. The SMILES string of the molecule is CCOCC(COCC)(COCC)NC(=O)CCOCCOC1CC(O)C1. The Morgan fingerprint density at radius 1 is 0.926 bits per heavy atom. The van der Waals surface area contributed by atoms with Gasteiger partial charge in [-0.2, -0.15) is 0 Å². The Morgan fingerprint density at radius 3 is 1.96 bits per heavy atom. The van der Waals surface area contributed by atoms with Gasteiger partial charge in [-0.15, -0.1) is 0 Å². The van der Waals surface area contributed by atoms with Gasteiger partial charge in [0.05, 0.1) is 51.8 Å². The van der Waals surface area contributed by atoms with Gasteiger partial charge in [0.25, 0.3) is 0 Å². The Kier molecular flexibility index (Phi) is 12.8. The third-order valence-electron chi connectivity index (χ3n) is 4.28. The molecule has 1 aliphatic rings. The lowest BCUT2D eigenvalue weighted by molar-refractivity contribution is -0.129. The lowest BCUT2D eigenvalue weighted by Gasteiger charge is -2.34. The summed E-state index contributed by atoms with van der Waals surface area (Å²) in [4.78, 5) is 12.4. The van der Waals surface area contributed by atoms with E-state index in [0.717, 1.165) is 0 Å². The largest absolute Gasteiger partial charge is 0.393 e. The summed E-state index contributed by atoms with van der Waals surface area (Å²) in [5.41, 5.74) is -0.701. The van der Waals surface area contributed by atoms with Gasteiger partial charge in [0.2, 0.25) is 5.91 Å². The number of carbonyl (C=O) groups is 1. The summed E-state index contributed by atoms with van der Waals surface area (Å²) < 4.78 is 27.7. The predicted octanol–water partition coefficient (Wildman–Crippen LogP) is 0.898. The van der Waals surface area contributed by atoms with Crippen LogP contribution in [0.1, 0.15) is 40.0 Å². The molecule has 1 amide bonds. The number of hydrogen-bond acceptors (Lipinski definition) is 7. The first-order chi connectivity index (χ1) is 13.0. The van der Waals surface area contributed by atoms with Crippen LogP contribution in [-0.4, -0.2) is 88.2 Å². The van der Waals surface area contributed by atoms with Gasteiger partial charge in [-0.1, -0.05) is 0 Å². The predicted molar refractivity (Wildman–Crippen MR) is 101 cm³/mol. The van der Waals surface area contributed by atoms with Gasteiger partial charge in [0.1, 0.15) is 5.54 Å². The van der Waals surface area contributed by atoms with E-state index in [1.165, 1.54) is 0 Å². The van der Waals surface area contributed by atoms with E-state index in [4.69, 9.17) is 23.7 Å². The first-order valence-electron chi connectivity index (χ1n) is 9.96. The van der Waals surface area contributed by atoms with Crippen LogP contribution in [0.4, 0.5) is 0 Å². The standard InChI is InChI=1S/C19H37NO7/c1-4-23-13-19(14-24-5-2,15-25-6-3)20-18(22)7-8-26-9-10-27-17-11-16(21)12-17/h16-17,21H,4-15H2,1-3H3,(H,20,22). The molecule has 1 saturated carbocycles. The van der Waals surface area contributed by atoms with E-state index in [0.29, 0.717) is 72.3 Å². The molecule has 0 aromatic carbocycles. The van der Waals surface area contributed by atoms with Crippen LogP contribution in [0.5, 0.6) is 0 Å². The third-order valence-corrected chi connectivity index (χ3v) is 4.28.